The van der Waals surface area contributed by atoms with E-state index in [1.807, 2.05) is 45.6 Å². The fourth-order valence-electron chi connectivity index (χ4n) is 4.82. The monoisotopic (exact) mass is 517 g/mol. The summed E-state index contributed by atoms with van der Waals surface area (Å²) in [6, 6.07) is 13.8. The minimum atomic E-state index is -1.01. The zero-order valence-electron chi connectivity index (χ0n) is 17.0. The summed E-state index contributed by atoms with van der Waals surface area (Å²) in [5.41, 5.74) is 2.28. The first-order chi connectivity index (χ1) is 14.9. The van der Waals surface area contributed by atoms with Crippen LogP contribution in [0.4, 0.5) is 5.69 Å². The van der Waals surface area contributed by atoms with Gasteiger partial charge in [-0.3, -0.25) is 9.78 Å². The van der Waals surface area contributed by atoms with Gasteiger partial charge >= 0.3 is 0 Å². The fraction of sp³-hybridized carbons (Fsp3) is 0.304. The minimum Gasteiger partial charge on any atom is -0.305 e. The Hall–Kier alpha value is -1.80. The van der Waals surface area contributed by atoms with Crippen molar-refractivity contribution in [2.75, 3.05) is 24.2 Å². The van der Waals surface area contributed by atoms with Crippen molar-refractivity contribution in [1.29, 1.82) is 0 Å². The first-order valence-corrected chi connectivity index (χ1v) is 12.8. The maximum atomic E-state index is 13.8. The van der Waals surface area contributed by atoms with Crippen molar-refractivity contribution in [2.45, 2.75) is 24.8 Å². The molecule has 31 heavy (non-hydrogen) atoms. The number of anilines is 1. The minimum absolute atomic E-state index is 0.111. The Morgan fingerprint density at radius 3 is 2.68 bits per heavy atom. The predicted molar refractivity (Wildman–Crippen MR) is 129 cm³/mol. The first kappa shape index (κ1) is 21.1. The Morgan fingerprint density at radius 1 is 1.19 bits per heavy atom. The Morgan fingerprint density at radius 2 is 1.94 bits per heavy atom. The van der Waals surface area contributed by atoms with Crippen molar-refractivity contribution >= 4 is 60.9 Å². The number of para-hydroxylation sites is 1. The average Bonchev–Trinajstić information content (AvgIpc) is 2.99. The number of aromatic nitrogens is 1. The van der Waals surface area contributed by atoms with Gasteiger partial charge in [0.15, 0.2) is 0 Å². The fourth-order valence-corrected chi connectivity index (χ4v) is 6.29. The molecule has 0 aliphatic carbocycles. The number of pyridine rings is 1. The third-order valence-corrected chi connectivity index (χ3v) is 8.69. The number of fused-ring (bicyclic) bond motifs is 3. The summed E-state index contributed by atoms with van der Waals surface area (Å²) in [6.45, 7) is 1.69. The highest BCUT2D eigenvalue weighted by Gasteiger charge is 2.52. The molecule has 1 amide bonds. The van der Waals surface area contributed by atoms with E-state index >= 15 is 0 Å². The van der Waals surface area contributed by atoms with E-state index in [4.69, 9.17) is 11.6 Å². The topological polar surface area (TPSA) is 53.5 Å². The van der Waals surface area contributed by atoms with Gasteiger partial charge in [-0.2, -0.15) is 0 Å². The van der Waals surface area contributed by atoms with Gasteiger partial charge in [0.2, 0.25) is 5.91 Å². The van der Waals surface area contributed by atoms with Gasteiger partial charge in [0.25, 0.3) is 0 Å². The first-order valence-electron chi connectivity index (χ1n) is 10.1. The van der Waals surface area contributed by atoms with E-state index in [1.54, 1.807) is 12.5 Å². The summed E-state index contributed by atoms with van der Waals surface area (Å²) in [4.78, 5) is 20.3. The number of hydrogen-bond acceptors (Lipinski definition) is 3. The number of halogens is 2. The highest BCUT2D eigenvalue weighted by Crippen LogP contribution is 2.48. The molecule has 0 N–H and O–H groups in total. The third kappa shape index (κ3) is 3.42. The van der Waals surface area contributed by atoms with Crippen LogP contribution in [-0.2, 0) is 27.7 Å². The lowest BCUT2D eigenvalue weighted by atomic mass is 9.74. The van der Waals surface area contributed by atoms with Crippen molar-refractivity contribution in [3.05, 3.63) is 69.4 Å². The van der Waals surface area contributed by atoms with Gasteiger partial charge in [0.1, 0.15) is 0 Å². The lowest BCUT2D eigenvalue weighted by Crippen LogP contribution is -2.48. The van der Waals surface area contributed by atoms with Crippen molar-refractivity contribution in [3.63, 3.8) is 0 Å². The molecular formula is C23H21BrClN3O2S. The molecule has 3 heterocycles. The van der Waals surface area contributed by atoms with Gasteiger partial charge < -0.3 is 4.90 Å². The lowest BCUT2D eigenvalue weighted by molar-refractivity contribution is -0.124. The molecule has 5 nitrogen and oxygen atoms in total. The van der Waals surface area contributed by atoms with Crippen molar-refractivity contribution < 1.29 is 9.00 Å². The van der Waals surface area contributed by atoms with E-state index in [0.29, 0.717) is 37.5 Å². The van der Waals surface area contributed by atoms with Crippen LogP contribution in [0.3, 0.4) is 0 Å². The molecule has 0 radical (unpaired) electrons. The van der Waals surface area contributed by atoms with Crippen LogP contribution >= 0.6 is 27.5 Å². The van der Waals surface area contributed by atoms with E-state index in [-0.39, 0.29) is 5.91 Å². The molecule has 1 fully saturated rings. The van der Waals surface area contributed by atoms with Gasteiger partial charge in [-0.25, -0.2) is 8.51 Å². The Bertz CT molecular complexity index is 1230. The number of amides is 1. The van der Waals surface area contributed by atoms with E-state index in [2.05, 4.69) is 27.0 Å². The second-order valence-electron chi connectivity index (χ2n) is 8.09. The normalized spacial score (nSPS) is 19.2. The van der Waals surface area contributed by atoms with Crippen LogP contribution in [0, 0.1) is 0 Å². The molecule has 2 aromatic carbocycles. The molecule has 1 unspecified atom stereocenters. The van der Waals surface area contributed by atoms with E-state index in [9.17, 15) is 9.00 Å². The van der Waals surface area contributed by atoms with Crippen molar-refractivity contribution in [1.82, 2.24) is 9.29 Å². The summed E-state index contributed by atoms with van der Waals surface area (Å²) in [6.07, 6.45) is 4.84. The maximum Gasteiger partial charge on any atom is 0.238 e. The molecule has 5 rings (SSSR count). The highest BCUT2D eigenvalue weighted by atomic mass is 79.9. The van der Waals surface area contributed by atoms with E-state index < -0.39 is 16.4 Å². The Kier molecular flexibility index (Phi) is 5.41. The zero-order valence-corrected chi connectivity index (χ0v) is 20.1. The van der Waals surface area contributed by atoms with Crippen LogP contribution < -0.4 is 4.90 Å². The maximum absolute atomic E-state index is 13.8. The summed E-state index contributed by atoms with van der Waals surface area (Å²) < 4.78 is 14.7. The second kappa shape index (κ2) is 7.96. The van der Waals surface area contributed by atoms with Gasteiger partial charge in [0.05, 0.1) is 28.6 Å². The second-order valence-corrected chi connectivity index (χ2v) is 10.7. The standard InChI is InChI=1S/C23H21BrClN3O2S/c1-31(30)27-10-8-23(9-11-27)18-4-2-3-5-20(18)28(22(23)29)14-19-21(24)17-7-6-16(25)12-15(17)13-26-19/h2-7,12-13H,8-11,14H2,1H3. The lowest BCUT2D eigenvalue weighted by Gasteiger charge is -2.37. The molecule has 0 bridgehead atoms. The van der Waals surface area contributed by atoms with E-state index in [1.165, 1.54) is 0 Å². The van der Waals surface area contributed by atoms with Crippen LogP contribution in [0.1, 0.15) is 24.1 Å². The molecule has 2 aliphatic rings. The zero-order chi connectivity index (χ0) is 21.8. The quantitative estimate of drug-likeness (QED) is 0.499. The van der Waals surface area contributed by atoms with Crippen molar-refractivity contribution in [2.24, 2.45) is 0 Å². The number of carbonyl (C=O) groups is 1. The highest BCUT2D eigenvalue weighted by molar-refractivity contribution is 9.10. The predicted octanol–water partition coefficient (Wildman–Crippen LogP) is 4.82. The van der Waals surface area contributed by atoms with Crippen LogP contribution in [-0.4, -0.2) is 38.8 Å². The van der Waals surface area contributed by atoms with Gasteiger partial charge in [0, 0.05) is 46.1 Å². The number of carbonyl (C=O) groups excluding carboxylic acids is 1. The van der Waals surface area contributed by atoms with Gasteiger partial charge in [-0.1, -0.05) is 35.9 Å². The number of benzene rings is 2. The van der Waals surface area contributed by atoms with Crippen LogP contribution in [0.5, 0.6) is 0 Å². The van der Waals surface area contributed by atoms with Gasteiger partial charge in [-0.15, -0.1) is 0 Å². The molecule has 3 aromatic rings. The van der Waals surface area contributed by atoms with E-state index in [0.717, 1.165) is 32.2 Å². The Labute approximate surface area is 197 Å². The molecule has 160 valence electrons. The number of nitrogens with zero attached hydrogens (tertiary/aromatic N) is 3. The molecule has 1 aromatic heterocycles. The SMILES string of the molecule is CS(=O)N1CCC2(CC1)C(=O)N(Cc1ncc3cc(Cl)ccc3c1Br)c1ccccc12. The van der Waals surface area contributed by atoms with Gasteiger partial charge in [-0.05, 0) is 57.9 Å². The largest absolute Gasteiger partial charge is 0.305 e. The van der Waals surface area contributed by atoms with Crippen LogP contribution in [0.25, 0.3) is 10.8 Å². The Balaban J connectivity index is 1.52. The molecule has 8 heteroatoms. The smallest absolute Gasteiger partial charge is 0.238 e. The number of piperidine rings is 1. The summed E-state index contributed by atoms with van der Waals surface area (Å²) in [5.74, 6) is 0.111. The molecule has 0 saturated carbocycles. The molecule has 2 aliphatic heterocycles. The molecule has 1 atom stereocenters. The summed E-state index contributed by atoms with van der Waals surface area (Å²) in [5, 5.41) is 2.63. The number of hydrogen-bond donors (Lipinski definition) is 0. The molecular weight excluding hydrogens is 498 g/mol. The molecule has 1 saturated heterocycles. The number of rotatable bonds is 3. The summed E-state index contributed by atoms with van der Waals surface area (Å²) in [7, 11) is -1.01. The van der Waals surface area contributed by atoms with Crippen LogP contribution in [0.2, 0.25) is 5.02 Å². The van der Waals surface area contributed by atoms with Crippen molar-refractivity contribution in [3.8, 4) is 0 Å². The molecule has 1 spiro atoms. The van der Waals surface area contributed by atoms with Crippen LogP contribution in [0.15, 0.2) is 53.1 Å². The average molecular weight is 519 g/mol. The summed E-state index contributed by atoms with van der Waals surface area (Å²) >= 11 is 9.82. The third-order valence-electron chi connectivity index (χ3n) is 6.48.